The number of ether oxygens (including phenoxy) is 2. The molecule has 2 aromatic rings. The van der Waals surface area contributed by atoms with E-state index in [4.69, 9.17) is 9.47 Å². The number of nitrogens with zero attached hydrogens (tertiary/aromatic N) is 1. The molecule has 0 aromatic heterocycles. The van der Waals surface area contributed by atoms with E-state index in [1.807, 2.05) is 51.1 Å². The summed E-state index contributed by atoms with van der Waals surface area (Å²) in [6.45, 7) is 5.90. The maximum Gasteiger partial charge on any atom is 0.261 e. The van der Waals surface area contributed by atoms with Crippen LogP contribution in [0.1, 0.15) is 32.8 Å². The number of hydrogen-bond acceptors (Lipinski definition) is 4. The lowest BCUT2D eigenvalue weighted by Crippen LogP contribution is -2.51. The molecule has 29 heavy (non-hydrogen) atoms. The first-order valence-electron chi connectivity index (χ1n) is 9.85. The molecule has 0 saturated heterocycles. The van der Waals surface area contributed by atoms with Crippen molar-refractivity contribution in [2.75, 3.05) is 13.7 Å². The molecule has 0 spiro atoms. The Morgan fingerprint density at radius 1 is 1.00 bits per heavy atom. The molecule has 6 nitrogen and oxygen atoms in total. The molecular formula is C23H30N2O4. The van der Waals surface area contributed by atoms with Crippen LogP contribution in [0, 0.1) is 0 Å². The van der Waals surface area contributed by atoms with Crippen molar-refractivity contribution in [3.8, 4) is 11.5 Å². The van der Waals surface area contributed by atoms with Gasteiger partial charge in [-0.05, 0) is 50.1 Å². The third-order valence-electron chi connectivity index (χ3n) is 4.43. The number of benzene rings is 2. The minimum absolute atomic E-state index is 0.000719. The van der Waals surface area contributed by atoms with Crippen LogP contribution < -0.4 is 14.8 Å². The Labute approximate surface area is 172 Å². The third kappa shape index (κ3) is 6.82. The second-order valence-electron chi connectivity index (χ2n) is 7.06. The Morgan fingerprint density at radius 2 is 1.62 bits per heavy atom. The van der Waals surface area contributed by atoms with E-state index in [2.05, 4.69) is 5.32 Å². The Bertz CT molecular complexity index is 775. The van der Waals surface area contributed by atoms with Crippen LogP contribution in [-0.2, 0) is 16.1 Å². The average molecular weight is 399 g/mol. The summed E-state index contributed by atoms with van der Waals surface area (Å²) in [7, 11) is 1.59. The van der Waals surface area contributed by atoms with Crippen molar-refractivity contribution in [3.05, 3.63) is 60.2 Å². The fourth-order valence-electron chi connectivity index (χ4n) is 2.98. The summed E-state index contributed by atoms with van der Waals surface area (Å²) in [5.74, 6) is 0.885. The highest BCUT2D eigenvalue weighted by Crippen LogP contribution is 2.18. The summed E-state index contributed by atoms with van der Waals surface area (Å²) in [5.41, 5.74) is 0.959. The fraction of sp³-hybridized carbons (Fsp3) is 0.391. The van der Waals surface area contributed by atoms with Crippen molar-refractivity contribution < 1.29 is 19.1 Å². The lowest BCUT2D eigenvalue weighted by Gasteiger charge is -2.31. The minimum atomic E-state index is -0.565. The summed E-state index contributed by atoms with van der Waals surface area (Å²) in [5, 5.41) is 2.91. The number of rotatable bonds is 10. The molecule has 0 aliphatic carbocycles. The molecule has 156 valence electrons. The molecule has 6 heteroatoms. The van der Waals surface area contributed by atoms with Gasteiger partial charge in [0.05, 0.1) is 7.11 Å². The average Bonchev–Trinajstić information content (AvgIpc) is 2.72. The van der Waals surface area contributed by atoms with Gasteiger partial charge in [0.25, 0.3) is 5.91 Å². The summed E-state index contributed by atoms with van der Waals surface area (Å²) < 4.78 is 10.8. The first-order valence-corrected chi connectivity index (χ1v) is 9.85. The molecule has 2 rings (SSSR count). The maximum absolute atomic E-state index is 13.0. The molecule has 0 bridgehead atoms. The molecule has 0 aliphatic rings. The Kier molecular flexibility index (Phi) is 8.52. The molecule has 0 saturated carbocycles. The number of amides is 2. The summed E-state index contributed by atoms with van der Waals surface area (Å²) in [6.07, 6.45) is 0.514. The van der Waals surface area contributed by atoms with Gasteiger partial charge in [-0.1, -0.05) is 37.3 Å². The van der Waals surface area contributed by atoms with Crippen LogP contribution in [0.25, 0.3) is 0 Å². The van der Waals surface area contributed by atoms with E-state index in [0.717, 1.165) is 5.56 Å². The normalized spacial score (nSPS) is 11.6. The smallest absolute Gasteiger partial charge is 0.261 e. The lowest BCUT2D eigenvalue weighted by molar-refractivity contribution is -0.143. The van der Waals surface area contributed by atoms with Gasteiger partial charge >= 0.3 is 0 Å². The molecule has 2 amide bonds. The van der Waals surface area contributed by atoms with Crippen LogP contribution in [-0.4, -0.2) is 42.5 Å². The van der Waals surface area contributed by atoms with Crippen LogP contribution in [0.5, 0.6) is 11.5 Å². The molecule has 0 radical (unpaired) electrons. The molecule has 0 fully saturated rings. The largest absolute Gasteiger partial charge is 0.497 e. The second kappa shape index (κ2) is 11.1. The number of hydrogen-bond donors (Lipinski definition) is 1. The van der Waals surface area contributed by atoms with Gasteiger partial charge in [-0.15, -0.1) is 0 Å². The van der Waals surface area contributed by atoms with Gasteiger partial charge in [-0.2, -0.15) is 0 Å². The Morgan fingerprint density at radius 3 is 2.17 bits per heavy atom. The standard InChI is InChI=1S/C23H30N2O4/c1-5-21(23(27)24-17(2)3)25(15-18-9-7-6-8-10-18)22(26)16-29-20-13-11-19(28-4)12-14-20/h6-14,17,21H,5,15-16H2,1-4H3,(H,24,27). The second-order valence-corrected chi connectivity index (χ2v) is 7.06. The Hall–Kier alpha value is -3.02. The van der Waals surface area contributed by atoms with Gasteiger partial charge in [0, 0.05) is 12.6 Å². The number of carbonyl (C=O) groups excluding carboxylic acids is 2. The van der Waals surface area contributed by atoms with E-state index < -0.39 is 6.04 Å². The SMILES string of the molecule is CCC(C(=O)NC(C)C)N(Cc1ccccc1)C(=O)COc1ccc(OC)cc1. The van der Waals surface area contributed by atoms with Crippen LogP contribution in [0.4, 0.5) is 0 Å². The van der Waals surface area contributed by atoms with Crippen molar-refractivity contribution >= 4 is 11.8 Å². The van der Waals surface area contributed by atoms with Crippen molar-refractivity contribution in [2.24, 2.45) is 0 Å². The van der Waals surface area contributed by atoms with Gasteiger partial charge in [0.1, 0.15) is 17.5 Å². The highest BCUT2D eigenvalue weighted by molar-refractivity contribution is 5.88. The first-order chi connectivity index (χ1) is 13.9. The van der Waals surface area contributed by atoms with Gasteiger partial charge in [0.15, 0.2) is 6.61 Å². The molecule has 1 unspecified atom stereocenters. The van der Waals surface area contributed by atoms with E-state index in [-0.39, 0.29) is 24.5 Å². The van der Waals surface area contributed by atoms with Crippen molar-refractivity contribution in [2.45, 2.75) is 45.8 Å². The van der Waals surface area contributed by atoms with E-state index in [9.17, 15) is 9.59 Å². The molecule has 1 atom stereocenters. The first kappa shape index (κ1) is 22.3. The zero-order valence-corrected chi connectivity index (χ0v) is 17.6. The topological polar surface area (TPSA) is 67.9 Å². The van der Waals surface area contributed by atoms with Crippen molar-refractivity contribution in [1.29, 1.82) is 0 Å². The quantitative estimate of drug-likeness (QED) is 0.666. The third-order valence-corrected chi connectivity index (χ3v) is 4.43. The molecule has 2 aromatic carbocycles. The molecular weight excluding hydrogens is 368 g/mol. The summed E-state index contributed by atoms with van der Waals surface area (Å²) in [4.78, 5) is 27.3. The molecule has 0 aliphatic heterocycles. The van der Waals surface area contributed by atoms with E-state index in [1.165, 1.54) is 0 Å². The van der Waals surface area contributed by atoms with Crippen molar-refractivity contribution in [3.63, 3.8) is 0 Å². The van der Waals surface area contributed by atoms with E-state index in [1.54, 1.807) is 36.3 Å². The van der Waals surface area contributed by atoms with Crippen LogP contribution in [0.2, 0.25) is 0 Å². The summed E-state index contributed by atoms with van der Waals surface area (Å²) in [6, 6.07) is 16.1. The van der Waals surface area contributed by atoms with E-state index in [0.29, 0.717) is 24.5 Å². The van der Waals surface area contributed by atoms with Crippen LogP contribution >= 0.6 is 0 Å². The predicted molar refractivity (Wildman–Crippen MR) is 113 cm³/mol. The number of carbonyl (C=O) groups is 2. The predicted octanol–water partition coefficient (Wildman–Crippen LogP) is 3.41. The Balaban J connectivity index is 2.15. The highest BCUT2D eigenvalue weighted by atomic mass is 16.5. The van der Waals surface area contributed by atoms with Gasteiger partial charge in [-0.3, -0.25) is 9.59 Å². The highest BCUT2D eigenvalue weighted by Gasteiger charge is 2.29. The van der Waals surface area contributed by atoms with Gasteiger partial charge < -0.3 is 19.7 Å². The van der Waals surface area contributed by atoms with Gasteiger partial charge in [-0.25, -0.2) is 0 Å². The zero-order valence-electron chi connectivity index (χ0n) is 17.6. The molecule has 0 heterocycles. The van der Waals surface area contributed by atoms with E-state index >= 15 is 0 Å². The monoisotopic (exact) mass is 398 g/mol. The zero-order chi connectivity index (χ0) is 21.2. The lowest BCUT2D eigenvalue weighted by atomic mass is 10.1. The van der Waals surface area contributed by atoms with Crippen LogP contribution in [0.15, 0.2) is 54.6 Å². The number of nitrogens with one attached hydrogen (secondary N) is 1. The summed E-state index contributed by atoms with van der Waals surface area (Å²) >= 11 is 0. The van der Waals surface area contributed by atoms with Crippen molar-refractivity contribution in [1.82, 2.24) is 10.2 Å². The minimum Gasteiger partial charge on any atom is -0.497 e. The fourth-order valence-corrected chi connectivity index (χ4v) is 2.98. The van der Waals surface area contributed by atoms with Crippen LogP contribution in [0.3, 0.4) is 0 Å². The number of methoxy groups -OCH3 is 1. The van der Waals surface area contributed by atoms with Gasteiger partial charge in [0.2, 0.25) is 5.91 Å². The maximum atomic E-state index is 13.0. The molecule has 1 N–H and O–H groups in total.